The van der Waals surface area contributed by atoms with E-state index >= 15 is 0 Å². The normalized spacial score (nSPS) is 17.8. The van der Waals surface area contributed by atoms with Gasteiger partial charge in [0.2, 0.25) is 5.91 Å². The zero-order valence-corrected chi connectivity index (χ0v) is 12.4. The fourth-order valence-corrected chi connectivity index (χ4v) is 2.77. The fourth-order valence-electron chi connectivity index (χ4n) is 2.57. The van der Waals surface area contributed by atoms with Crippen molar-refractivity contribution in [1.82, 2.24) is 0 Å². The Labute approximate surface area is 120 Å². The van der Waals surface area contributed by atoms with E-state index in [-0.39, 0.29) is 11.3 Å². The highest BCUT2D eigenvalue weighted by molar-refractivity contribution is 7.80. The topological polar surface area (TPSA) is 38.3 Å². The number of benzene rings is 1. The molecule has 3 nitrogen and oxygen atoms in total. The molecule has 0 saturated heterocycles. The first kappa shape index (κ1) is 14.3. The number of hydrogen-bond donors (Lipinski definition) is 2. The highest BCUT2D eigenvalue weighted by Crippen LogP contribution is 2.37. The molecule has 0 radical (unpaired) electrons. The minimum atomic E-state index is -0.248. The molecule has 0 atom stereocenters. The Hall–Kier alpha value is -1.16. The zero-order valence-electron chi connectivity index (χ0n) is 11.5. The van der Waals surface area contributed by atoms with Gasteiger partial charge in [0.05, 0.1) is 12.8 Å². The lowest BCUT2D eigenvalue weighted by Crippen LogP contribution is -2.35. The molecule has 19 heavy (non-hydrogen) atoms. The number of methoxy groups -OCH3 is 1. The molecule has 0 aliphatic heterocycles. The van der Waals surface area contributed by atoms with Gasteiger partial charge in [-0.05, 0) is 25.0 Å². The average Bonchev–Trinajstić information content (AvgIpc) is 2.42. The second kappa shape index (κ2) is 5.87. The van der Waals surface area contributed by atoms with Crippen LogP contribution < -0.4 is 10.1 Å². The molecule has 1 aromatic rings. The van der Waals surface area contributed by atoms with Crippen LogP contribution in [0.25, 0.3) is 0 Å². The Balaban J connectivity index is 2.14. The van der Waals surface area contributed by atoms with Crippen molar-refractivity contribution in [2.75, 3.05) is 12.4 Å². The molecule has 104 valence electrons. The summed E-state index contributed by atoms with van der Waals surface area (Å²) in [7, 11) is 1.61. The standard InChI is InChI=1S/C15H21NO2S/c1-15(8-4-3-5-9-15)14(17)16-12-10-11(18-2)6-7-13(12)19/h6-7,10,19H,3-5,8-9H2,1-2H3,(H,16,17). The van der Waals surface area contributed by atoms with Crippen LogP contribution >= 0.6 is 12.6 Å². The van der Waals surface area contributed by atoms with E-state index < -0.39 is 0 Å². The molecule has 0 spiro atoms. The van der Waals surface area contributed by atoms with Crippen molar-refractivity contribution >= 4 is 24.2 Å². The Morgan fingerprint density at radius 2 is 2.00 bits per heavy atom. The number of carbonyl (C=O) groups excluding carboxylic acids is 1. The van der Waals surface area contributed by atoms with Gasteiger partial charge in [-0.25, -0.2) is 0 Å². The van der Waals surface area contributed by atoms with Crippen LogP contribution in [-0.4, -0.2) is 13.0 Å². The molecule has 0 heterocycles. The number of hydrogen-bond acceptors (Lipinski definition) is 3. The predicted molar refractivity (Wildman–Crippen MR) is 80.1 cm³/mol. The van der Waals surface area contributed by atoms with Crippen molar-refractivity contribution in [3.63, 3.8) is 0 Å². The molecule has 1 aromatic carbocycles. The summed E-state index contributed by atoms with van der Waals surface area (Å²) in [4.78, 5) is 13.2. The maximum atomic E-state index is 12.5. The van der Waals surface area contributed by atoms with Gasteiger partial charge < -0.3 is 10.1 Å². The molecular formula is C15H21NO2S. The van der Waals surface area contributed by atoms with Crippen LogP contribution in [-0.2, 0) is 4.79 Å². The van der Waals surface area contributed by atoms with Crippen molar-refractivity contribution in [1.29, 1.82) is 0 Å². The van der Waals surface area contributed by atoms with Crippen LogP contribution in [0.1, 0.15) is 39.0 Å². The lowest BCUT2D eigenvalue weighted by Gasteiger charge is -2.32. The molecule has 0 aromatic heterocycles. The van der Waals surface area contributed by atoms with Gasteiger partial charge in [0.25, 0.3) is 0 Å². The van der Waals surface area contributed by atoms with Gasteiger partial charge >= 0.3 is 0 Å². The number of carbonyl (C=O) groups is 1. The van der Waals surface area contributed by atoms with Crippen LogP contribution in [0, 0.1) is 5.41 Å². The van der Waals surface area contributed by atoms with E-state index in [1.165, 1.54) is 6.42 Å². The molecule has 0 unspecified atom stereocenters. The van der Waals surface area contributed by atoms with Crippen LogP contribution in [0.5, 0.6) is 5.75 Å². The number of ether oxygens (including phenoxy) is 1. The maximum Gasteiger partial charge on any atom is 0.230 e. The number of nitrogens with one attached hydrogen (secondary N) is 1. The van der Waals surface area contributed by atoms with Crippen LogP contribution in [0.4, 0.5) is 5.69 Å². The summed E-state index contributed by atoms with van der Waals surface area (Å²) in [5.41, 5.74) is 0.473. The molecule has 0 bridgehead atoms. The van der Waals surface area contributed by atoms with Gasteiger partial charge in [-0.15, -0.1) is 12.6 Å². The van der Waals surface area contributed by atoms with Gasteiger partial charge in [0, 0.05) is 16.4 Å². The van der Waals surface area contributed by atoms with Crippen molar-refractivity contribution in [3.8, 4) is 5.75 Å². The third kappa shape index (κ3) is 3.24. The second-order valence-corrected chi connectivity index (χ2v) is 5.94. The van der Waals surface area contributed by atoms with E-state index in [0.29, 0.717) is 0 Å². The summed E-state index contributed by atoms with van der Waals surface area (Å²) in [5.74, 6) is 0.817. The summed E-state index contributed by atoms with van der Waals surface area (Å²) in [6, 6.07) is 5.48. The molecule has 1 saturated carbocycles. The van der Waals surface area contributed by atoms with E-state index in [1.807, 2.05) is 18.2 Å². The first-order valence-electron chi connectivity index (χ1n) is 6.74. The third-order valence-electron chi connectivity index (χ3n) is 3.96. The maximum absolute atomic E-state index is 12.5. The molecule has 4 heteroatoms. The smallest absolute Gasteiger partial charge is 0.230 e. The minimum Gasteiger partial charge on any atom is -0.497 e. The molecule has 1 fully saturated rings. The first-order valence-corrected chi connectivity index (χ1v) is 7.18. The number of anilines is 1. The zero-order chi connectivity index (χ0) is 13.9. The second-order valence-electron chi connectivity index (χ2n) is 5.46. The van der Waals surface area contributed by atoms with Crippen LogP contribution in [0.3, 0.4) is 0 Å². The third-order valence-corrected chi connectivity index (χ3v) is 4.35. The molecule has 1 N–H and O–H groups in total. The summed E-state index contributed by atoms with van der Waals surface area (Å²) in [6.07, 6.45) is 5.43. The SMILES string of the molecule is COc1ccc(S)c(NC(=O)C2(C)CCCCC2)c1. The lowest BCUT2D eigenvalue weighted by molar-refractivity contribution is -0.126. The van der Waals surface area contributed by atoms with Gasteiger partial charge in [-0.3, -0.25) is 4.79 Å². The van der Waals surface area contributed by atoms with Crippen molar-refractivity contribution < 1.29 is 9.53 Å². The Bertz CT molecular complexity index is 467. The lowest BCUT2D eigenvalue weighted by atomic mass is 9.75. The van der Waals surface area contributed by atoms with Crippen LogP contribution in [0.2, 0.25) is 0 Å². The van der Waals surface area contributed by atoms with E-state index in [4.69, 9.17) is 4.74 Å². The molecule has 1 amide bonds. The van der Waals surface area contributed by atoms with Gasteiger partial charge in [-0.1, -0.05) is 26.2 Å². The van der Waals surface area contributed by atoms with Gasteiger partial charge in [0.15, 0.2) is 0 Å². The molecule has 2 rings (SSSR count). The van der Waals surface area contributed by atoms with E-state index in [2.05, 4.69) is 24.9 Å². The average molecular weight is 279 g/mol. The first-order chi connectivity index (χ1) is 9.05. The highest BCUT2D eigenvalue weighted by atomic mass is 32.1. The van der Waals surface area contributed by atoms with E-state index in [1.54, 1.807) is 7.11 Å². The minimum absolute atomic E-state index is 0.0933. The number of rotatable bonds is 3. The summed E-state index contributed by atoms with van der Waals surface area (Å²) in [5, 5.41) is 3.00. The molecular weight excluding hydrogens is 258 g/mol. The summed E-state index contributed by atoms with van der Waals surface area (Å²) < 4.78 is 5.18. The molecule has 1 aliphatic rings. The highest BCUT2D eigenvalue weighted by Gasteiger charge is 2.34. The monoisotopic (exact) mass is 279 g/mol. The van der Waals surface area contributed by atoms with Crippen molar-refractivity contribution in [3.05, 3.63) is 18.2 Å². The van der Waals surface area contributed by atoms with Crippen molar-refractivity contribution in [2.24, 2.45) is 5.41 Å². The summed E-state index contributed by atoms with van der Waals surface area (Å²) in [6.45, 7) is 2.06. The van der Waals surface area contributed by atoms with Gasteiger partial charge in [0.1, 0.15) is 5.75 Å². The quantitative estimate of drug-likeness (QED) is 0.824. The summed E-state index contributed by atoms with van der Waals surface area (Å²) >= 11 is 4.38. The number of amides is 1. The van der Waals surface area contributed by atoms with Crippen LogP contribution in [0.15, 0.2) is 23.1 Å². The van der Waals surface area contributed by atoms with Gasteiger partial charge in [-0.2, -0.15) is 0 Å². The van der Waals surface area contributed by atoms with E-state index in [9.17, 15) is 4.79 Å². The fraction of sp³-hybridized carbons (Fsp3) is 0.533. The van der Waals surface area contributed by atoms with Crippen molar-refractivity contribution in [2.45, 2.75) is 43.9 Å². The Morgan fingerprint density at radius 3 is 2.63 bits per heavy atom. The molecule has 1 aliphatic carbocycles. The predicted octanol–water partition coefficient (Wildman–Crippen LogP) is 3.89. The largest absolute Gasteiger partial charge is 0.497 e. The Kier molecular flexibility index (Phi) is 4.40. The Morgan fingerprint density at radius 1 is 1.32 bits per heavy atom. The van der Waals surface area contributed by atoms with E-state index in [0.717, 1.165) is 42.0 Å². The number of thiol groups is 1.